The number of hydrogen-bond acceptors (Lipinski definition) is 2. The summed E-state index contributed by atoms with van der Waals surface area (Å²) in [6, 6.07) is 5.42. The van der Waals surface area contributed by atoms with Crippen LogP contribution in [0.5, 0.6) is 0 Å². The minimum atomic E-state index is -4.67. The van der Waals surface area contributed by atoms with Crippen molar-refractivity contribution in [2.24, 2.45) is 0 Å². The normalized spacial score (nSPS) is 17.7. The van der Waals surface area contributed by atoms with E-state index in [9.17, 15) is 23.1 Å². The Morgan fingerprint density at radius 3 is 2.38 bits per heavy atom. The van der Waals surface area contributed by atoms with Crippen LogP contribution in [-0.4, -0.2) is 40.9 Å². The zero-order valence-corrected chi connectivity index (χ0v) is 13.9. The molecule has 0 radical (unpaired) electrons. The molecule has 1 heterocycles. The van der Waals surface area contributed by atoms with Crippen LogP contribution in [0.1, 0.15) is 37.8 Å². The molecule has 7 heteroatoms. The lowest BCUT2D eigenvalue weighted by Crippen LogP contribution is -2.55. The standard InChI is InChI=1S/C17H23F3N2O2/c1-3-12-5-6-13(4-2)14(11-12)21-15(23)22-9-7-16(24,8-10-22)17(18,19)20/h5-6,11,24H,3-4,7-10H2,1-2H3,(H,21,23). The molecule has 2 rings (SSSR count). The molecule has 4 nitrogen and oxygen atoms in total. The van der Waals surface area contributed by atoms with E-state index in [1.165, 1.54) is 4.90 Å². The fourth-order valence-corrected chi connectivity index (χ4v) is 2.83. The molecule has 0 spiro atoms. The van der Waals surface area contributed by atoms with Gasteiger partial charge in [0.25, 0.3) is 0 Å². The fraction of sp³-hybridized carbons (Fsp3) is 0.588. The molecular weight excluding hydrogens is 321 g/mol. The third-order valence-electron chi connectivity index (χ3n) is 4.61. The molecule has 0 aromatic heterocycles. The van der Waals surface area contributed by atoms with Gasteiger partial charge in [0.15, 0.2) is 5.60 Å². The molecule has 0 atom stereocenters. The highest BCUT2D eigenvalue weighted by Gasteiger charge is 2.54. The average Bonchev–Trinajstić information content (AvgIpc) is 2.54. The van der Waals surface area contributed by atoms with E-state index >= 15 is 0 Å². The van der Waals surface area contributed by atoms with Crippen molar-refractivity contribution in [3.05, 3.63) is 29.3 Å². The maximum atomic E-state index is 12.8. The lowest BCUT2D eigenvalue weighted by atomic mass is 9.91. The van der Waals surface area contributed by atoms with E-state index < -0.39 is 30.7 Å². The summed E-state index contributed by atoms with van der Waals surface area (Å²) in [5, 5.41) is 12.5. The van der Waals surface area contributed by atoms with Gasteiger partial charge in [-0.1, -0.05) is 26.0 Å². The Balaban J connectivity index is 2.04. The maximum Gasteiger partial charge on any atom is 0.417 e. The molecule has 1 aliphatic heterocycles. The van der Waals surface area contributed by atoms with Crippen LogP contribution in [0.15, 0.2) is 18.2 Å². The summed E-state index contributed by atoms with van der Waals surface area (Å²) in [5.74, 6) is 0. The topological polar surface area (TPSA) is 52.6 Å². The van der Waals surface area contributed by atoms with Crippen LogP contribution < -0.4 is 5.32 Å². The highest BCUT2D eigenvalue weighted by Crippen LogP contribution is 2.38. The van der Waals surface area contributed by atoms with Crippen molar-refractivity contribution in [2.75, 3.05) is 18.4 Å². The fourth-order valence-electron chi connectivity index (χ4n) is 2.83. The molecule has 134 valence electrons. The molecular formula is C17H23F3N2O2. The number of hydrogen-bond donors (Lipinski definition) is 2. The largest absolute Gasteiger partial charge is 0.417 e. The quantitative estimate of drug-likeness (QED) is 0.878. The van der Waals surface area contributed by atoms with Crippen LogP contribution in [0, 0.1) is 0 Å². The number of benzene rings is 1. The number of carbonyl (C=O) groups excluding carboxylic acids is 1. The number of likely N-dealkylation sites (tertiary alicyclic amines) is 1. The van der Waals surface area contributed by atoms with E-state index in [-0.39, 0.29) is 13.1 Å². The van der Waals surface area contributed by atoms with E-state index in [0.29, 0.717) is 5.69 Å². The molecule has 2 amide bonds. The first-order valence-corrected chi connectivity index (χ1v) is 8.17. The Morgan fingerprint density at radius 2 is 1.88 bits per heavy atom. The molecule has 0 saturated carbocycles. The SMILES string of the molecule is CCc1ccc(CC)c(NC(=O)N2CCC(O)(C(F)(F)F)CC2)c1. The maximum absolute atomic E-state index is 12.8. The summed E-state index contributed by atoms with van der Waals surface area (Å²) in [7, 11) is 0. The summed E-state index contributed by atoms with van der Waals surface area (Å²) < 4.78 is 38.4. The van der Waals surface area contributed by atoms with Gasteiger partial charge in [-0.2, -0.15) is 13.2 Å². The van der Waals surface area contributed by atoms with Crippen molar-refractivity contribution in [1.82, 2.24) is 4.90 Å². The first kappa shape index (κ1) is 18.6. The number of aliphatic hydroxyl groups is 1. The number of rotatable bonds is 3. The second-order valence-corrected chi connectivity index (χ2v) is 6.15. The van der Waals surface area contributed by atoms with Crippen LogP contribution in [0.4, 0.5) is 23.7 Å². The number of halogens is 3. The van der Waals surface area contributed by atoms with Gasteiger partial charge in [-0.05, 0) is 30.0 Å². The van der Waals surface area contributed by atoms with Crippen molar-refractivity contribution in [3.8, 4) is 0 Å². The van der Waals surface area contributed by atoms with Crippen LogP contribution in [0.2, 0.25) is 0 Å². The van der Waals surface area contributed by atoms with Gasteiger partial charge in [-0.15, -0.1) is 0 Å². The molecule has 2 N–H and O–H groups in total. The monoisotopic (exact) mass is 344 g/mol. The lowest BCUT2D eigenvalue weighted by Gasteiger charge is -2.39. The number of nitrogens with zero attached hydrogens (tertiary/aromatic N) is 1. The molecule has 24 heavy (non-hydrogen) atoms. The summed E-state index contributed by atoms with van der Waals surface area (Å²) >= 11 is 0. The Bertz CT molecular complexity index is 594. The van der Waals surface area contributed by atoms with Crippen LogP contribution >= 0.6 is 0 Å². The van der Waals surface area contributed by atoms with Crippen molar-refractivity contribution in [1.29, 1.82) is 0 Å². The zero-order chi connectivity index (χ0) is 18.0. The molecule has 0 bridgehead atoms. The van der Waals surface area contributed by atoms with Gasteiger partial charge in [0.2, 0.25) is 0 Å². The summed E-state index contributed by atoms with van der Waals surface area (Å²) in [4.78, 5) is 13.7. The Morgan fingerprint density at radius 1 is 1.25 bits per heavy atom. The van der Waals surface area contributed by atoms with Gasteiger partial charge in [0.05, 0.1) is 0 Å². The number of urea groups is 1. The van der Waals surface area contributed by atoms with E-state index in [0.717, 1.165) is 24.0 Å². The summed E-state index contributed by atoms with van der Waals surface area (Å²) in [6.45, 7) is 3.73. The van der Waals surface area contributed by atoms with Crippen molar-refractivity contribution < 1.29 is 23.1 Å². The number of piperidine rings is 1. The third-order valence-corrected chi connectivity index (χ3v) is 4.61. The number of aryl methyl sites for hydroxylation is 2. The zero-order valence-electron chi connectivity index (χ0n) is 13.9. The van der Waals surface area contributed by atoms with Crippen molar-refractivity contribution >= 4 is 11.7 Å². The van der Waals surface area contributed by atoms with Gasteiger partial charge in [-0.25, -0.2) is 4.79 Å². The highest BCUT2D eigenvalue weighted by atomic mass is 19.4. The second kappa shape index (κ2) is 7.01. The summed E-state index contributed by atoms with van der Waals surface area (Å²) in [5.41, 5.74) is 0.0518. The van der Waals surface area contributed by atoms with E-state index in [2.05, 4.69) is 5.32 Å². The molecule has 0 unspecified atom stereocenters. The lowest BCUT2D eigenvalue weighted by molar-refractivity contribution is -0.271. The van der Waals surface area contributed by atoms with E-state index in [4.69, 9.17) is 0 Å². The van der Waals surface area contributed by atoms with Gasteiger partial charge in [-0.3, -0.25) is 0 Å². The number of alkyl halides is 3. The molecule has 1 saturated heterocycles. The summed E-state index contributed by atoms with van der Waals surface area (Å²) in [6.07, 6.45) is -4.10. The third kappa shape index (κ3) is 3.83. The van der Waals surface area contributed by atoms with E-state index in [1.54, 1.807) is 0 Å². The molecule has 1 aromatic rings. The highest BCUT2D eigenvalue weighted by molar-refractivity contribution is 5.90. The smallest absolute Gasteiger partial charge is 0.380 e. The van der Waals surface area contributed by atoms with Crippen molar-refractivity contribution in [2.45, 2.75) is 51.3 Å². The Hall–Kier alpha value is -1.76. The minimum absolute atomic E-state index is 0.128. The van der Waals surface area contributed by atoms with Crippen LogP contribution in [-0.2, 0) is 12.8 Å². The number of carbonyl (C=O) groups is 1. The first-order valence-electron chi connectivity index (χ1n) is 8.17. The van der Waals surface area contributed by atoms with E-state index in [1.807, 2.05) is 32.0 Å². The number of nitrogens with one attached hydrogen (secondary N) is 1. The predicted octanol–water partition coefficient (Wildman–Crippen LogP) is 3.73. The van der Waals surface area contributed by atoms with Crippen molar-refractivity contribution in [3.63, 3.8) is 0 Å². The average molecular weight is 344 g/mol. The minimum Gasteiger partial charge on any atom is -0.380 e. The number of amides is 2. The second-order valence-electron chi connectivity index (χ2n) is 6.15. The van der Waals surface area contributed by atoms with Gasteiger partial charge in [0.1, 0.15) is 0 Å². The van der Waals surface area contributed by atoms with Gasteiger partial charge in [0, 0.05) is 31.6 Å². The van der Waals surface area contributed by atoms with Gasteiger partial charge >= 0.3 is 12.2 Å². The first-order chi connectivity index (χ1) is 11.2. The molecule has 1 aliphatic rings. The molecule has 1 aromatic carbocycles. The Labute approximate surface area is 139 Å². The van der Waals surface area contributed by atoms with Gasteiger partial charge < -0.3 is 15.3 Å². The van der Waals surface area contributed by atoms with Crippen LogP contribution in [0.3, 0.4) is 0 Å². The number of anilines is 1. The molecule has 1 fully saturated rings. The molecule has 0 aliphatic carbocycles. The Kier molecular flexibility index (Phi) is 5.42. The predicted molar refractivity (Wildman–Crippen MR) is 86.0 cm³/mol. The van der Waals surface area contributed by atoms with Crippen LogP contribution in [0.25, 0.3) is 0 Å².